The van der Waals surface area contributed by atoms with Gasteiger partial charge in [0.25, 0.3) is 0 Å². The van der Waals surface area contributed by atoms with Gasteiger partial charge >= 0.3 is 0 Å². The lowest BCUT2D eigenvalue weighted by molar-refractivity contribution is -0.116. The molecule has 0 bridgehead atoms. The van der Waals surface area contributed by atoms with Crippen LogP contribution in [0.25, 0.3) is 0 Å². The molecule has 1 amide bonds. The zero-order chi connectivity index (χ0) is 19.1. The van der Waals surface area contributed by atoms with Gasteiger partial charge in [-0.1, -0.05) is 81.5 Å². The summed E-state index contributed by atoms with van der Waals surface area (Å²) in [6.07, 6.45) is 1.06. The minimum atomic E-state index is -0.0995. The van der Waals surface area contributed by atoms with Crippen molar-refractivity contribution < 1.29 is 9.59 Å². The van der Waals surface area contributed by atoms with Crippen molar-refractivity contribution in [2.24, 2.45) is 0 Å². The molecule has 0 saturated carbocycles. The van der Waals surface area contributed by atoms with Gasteiger partial charge in [-0.25, -0.2) is 0 Å². The fraction of sp³-hybridized carbons (Fsp3) is 0.158. The number of hydrogen-bond donors (Lipinski definition) is 1. The van der Waals surface area contributed by atoms with Gasteiger partial charge in [0.05, 0.1) is 5.75 Å². The first-order valence-corrected chi connectivity index (χ1v) is 10.8. The number of anilines is 1. The molecule has 3 rings (SSSR count). The van der Waals surface area contributed by atoms with Crippen molar-refractivity contribution in [2.75, 3.05) is 11.1 Å². The fourth-order valence-electron chi connectivity index (χ4n) is 2.25. The molecule has 3 aromatic rings. The van der Waals surface area contributed by atoms with E-state index >= 15 is 0 Å². The smallest absolute Gasteiger partial charge is 0.226 e. The molecule has 0 aliphatic heterocycles. The number of carbonyl (C=O) groups is 2. The Kier molecular flexibility index (Phi) is 7.14. The molecule has 5 nitrogen and oxygen atoms in total. The van der Waals surface area contributed by atoms with Crippen molar-refractivity contribution >= 4 is 55.9 Å². The largest absolute Gasteiger partial charge is 0.300 e. The van der Waals surface area contributed by atoms with Crippen molar-refractivity contribution in [2.45, 2.75) is 17.2 Å². The number of benzene rings is 2. The fourth-order valence-corrected chi connectivity index (χ4v) is 4.18. The second-order valence-corrected chi connectivity index (χ2v) is 8.74. The molecule has 2 aromatic carbocycles. The standard InChI is InChI=1S/C19H16BrN3O2S2/c20-15-9-7-14(8-10-15)16(24)12-26-19-23-22-18(27-19)21-17(25)11-6-13-4-2-1-3-5-13/h1-5,7-10H,6,11-12H2,(H,21,22,25). The van der Waals surface area contributed by atoms with Crippen molar-refractivity contribution in [1.29, 1.82) is 0 Å². The molecule has 0 aliphatic carbocycles. The average molecular weight is 462 g/mol. The predicted molar refractivity (Wildman–Crippen MR) is 112 cm³/mol. The van der Waals surface area contributed by atoms with Crippen LogP contribution in [-0.2, 0) is 11.2 Å². The summed E-state index contributed by atoms with van der Waals surface area (Å²) in [5.41, 5.74) is 1.78. The molecular weight excluding hydrogens is 446 g/mol. The zero-order valence-corrected chi connectivity index (χ0v) is 17.4. The van der Waals surface area contributed by atoms with E-state index in [-0.39, 0.29) is 17.4 Å². The Bertz CT molecular complexity index is 914. The van der Waals surface area contributed by atoms with Crippen LogP contribution in [0.4, 0.5) is 5.13 Å². The maximum Gasteiger partial charge on any atom is 0.226 e. The van der Waals surface area contributed by atoms with Crippen LogP contribution in [0.1, 0.15) is 22.3 Å². The summed E-state index contributed by atoms with van der Waals surface area (Å²) in [5, 5.41) is 11.2. The number of Topliss-reactive ketones (excluding diaryl/α,β-unsaturated/α-hetero) is 1. The minimum Gasteiger partial charge on any atom is -0.300 e. The number of thioether (sulfide) groups is 1. The van der Waals surface area contributed by atoms with Crippen molar-refractivity contribution in [1.82, 2.24) is 10.2 Å². The highest BCUT2D eigenvalue weighted by molar-refractivity contribution is 9.10. The number of hydrogen-bond acceptors (Lipinski definition) is 6. The Balaban J connectivity index is 1.45. The molecule has 0 unspecified atom stereocenters. The molecule has 0 atom stereocenters. The highest BCUT2D eigenvalue weighted by Crippen LogP contribution is 2.26. The van der Waals surface area contributed by atoms with Crippen molar-refractivity contribution in [3.05, 3.63) is 70.2 Å². The lowest BCUT2D eigenvalue weighted by atomic mass is 10.1. The number of ketones is 1. The van der Waals surface area contributed by atoms with Crippen LogP contribution < -0.4 is 5.32 Å². The normalized spacial score (nSPS) is 10.6. The van der Waals surface area contributed by atoms with Crippen molar-refractivity contribution in [3.8, 4) is 0 Å². The molecule has 138 valence electrons. The Labute approximate surface area is 173 Å². The first-order chi connectivity index (χ1) is 13.1. The van der Waals surface area contributed by atoms with Gasteiger partial charge in [-0.05, 0) is 24.1 Å². The van der Waals surface area contributed by atoms with E-state index in [1.165, 1.54) is 23.1 Å². The van der Waals surface area contributed by atoms with Gasteiger partial charge in [-0.2, -0.15) is 0 Å². The highest BCUT2D eigenvalue weighted by atomic mass is 79.9. The van der Waals surface area contributed by atoms with Gasteiger partial charge in [0.2, 0.25) is 11.0 Å². The molecule has 0 fully saturated rings. The Morgan fingerprint density at radius 3 is 2.52 bits per heavy atom. The molecular formula is C19H16BrN3O2S2. The van der Waals surface area contributed by atoms with E-state index in [0.717, 1.165) is 10.0 Å². The number of halogens is 1. The SMILES string of the molecule is O=C(CCc1ccccc1)Nc1nnc(SCC(=O)c2ccc(Br)cc2)s1. The van der Waals surface area contributed by atoms with Crippen LogP contribution in [0.15, 0.2) is 63.4 Å². The summed E-state index contributed by atoms with van der Waals surface area (Å²) < 4.78 is 1.59. The van der Waals surface area contributed by atoms with Crippen LogP contribution in [-0.4, -0.2) is 27.6 Å². The summed E-state index contributed by atoms with van der Waals surface area (Å²) in [7, 11) is 0. The molecule has 8 heteroatoms. The number of rotatable bonds is 8. The van der Waals surface area contributed by atoms with E-state index in [1.54, 1.807) is 12.1 Å². The van der Waals surface area contributed by atoms with E-state index < -0.39 is 0 Å². The Morgan fingerprint density at radius 2 is 1.78 bits per heavy atom. The molecule has 0 spiro atoms. The third kappa shape index (κ3) is 6.27. The predicted octanol–water partition coefficient (Wildman–Crippen LogP) is 4.85. The number of amides is 1. The van der Waals surface area contributed by atoms with Crippen LogP contribution in [0.5, 0.6) is 0 Å². The first kappa shape index (κ1) is 19.7. The summed E-state index contributed by atoms with van der Waals surface area (Å²) in [6, 6.07) is 17.1. The van der Waals surface area contributed by atoms with Crippen LogP contribution in [0, 0.1) is 0 Å². The Hall–Kier alpha value is -2.03. The summed E-state index contributed by atoms with van der Waals surface area (Å²) >= 11 is 5.94. The van der Waals surface area contributed by atoms with Gasteiger partial charge in [-0.15, -0.1) is 10.2 Å². The van der Waals surface area contributed by atoms with Gasteiger partial charge < -0.3 is 5.32 Å². The second-order valence-electron chi connectivity index (χ2n) is 5.63. The van der Waals surface area contributed by atoms with Crippen LogP contribution in [0.3, 0.4) is 0 Å². The number of carbonyl (C=O) groups excluding carboxylic acids is 2. The van der Waals surface area contributed by atoms with Gasteiger partial charge in [0.1, 0.15) is 0 Å². The number of aryl methyl sites for hydroxylation is 1. The third-order valence-corrected chi connectivity index (χ3v) is 6.13. The van der Waals surface area contributed by atoms with Crippen LogP contribution >= 0.6 is 39.0 Å². The second kappa shape index (κ2) is 9.77. The van der Waals surface area contributed by atoms with Gasteiger partial charge in [0, 0.05) is 16.5 Å². The zero-order valence-electron chi connectivity index (χ0n) is 14.2. The maximum atomic E-state index is 12.2. The summed E-state index contributed by atoms with van der Waals surface area (Å²) in [6.45, 7) is 0. The monoisotopic (exact) mass is 461 g/mol. The molecule has 1 heterocycles. The van der Waals surface area contributed by atoms with Gasteiger partial charge in [0.15, 0.2) is 10.1 Å². The minimum absolute atomic E-state index is 0.0242. The molecule has 27 heavy (non-hydrogen) atoms. The van der Waals surface area contributed by atoms with Crippen molar-refractivity contribution in [3.63, 3.8) is 0 Å². The highest BCUT2D eigenvalue weighted by Gasteiger charge is 2.12. The summed E-state index contributed by atoms with van der Waals surface area (Å²) in [4.78, 5) is 24.2. The molecule has 1 N–H and O–H groups in total. The number of nitrogens with zero attached hydrogens (tertiary/aromatic N) is 2. The lowest BCUT2D eigenvalue weighted by Crippen LogP contribution is -2.12. The maximum absolute atomic E-state index is 12.2. The third-order valence-electron chi connectivity index (χ3n) is 3.63. The average Bonchev–Trinajstić information content (AvgIpc) is 3.13. The Morgan fingerprint density at radius 1 is 1.04 bits per heavy atom. The molecule has 0 radical (unpaired) electrons. The number of nitrogens with one attached hydrogen (secondary N) is 1. The topological polar surface area (TPSA) is 72.0 Å². The van der Waals surface area contributed by atoms with Gasteiger partial charge in [-0.3, -0.25) is 9.59 Å². The van der Waals surface area contributed by atoms with E-state index in [0.29, 0.717) is 27.9 Å². The van der Waals surface area contributed by atoms with Crippen LogP contribution in [0.2, 0.25) is 0 Å². The first-order valence-electron chi connectivity index (χ1n) is 8.19. The van der Waals surface area contributed by atoms with E-state index in [2.05, 4.69) is 31.4 Å². The quantitative estimate of drug-likeness (QED) is 0.295. The lowest BCUT2D eigenvalue weighted by Gasteiger charge is -2.01. The molecule has 0 aliphatic rings. The van der Waals surface area contributed by atoms with E-state index in [1.807, 2.05) is 42.5 Å². The molecule has 1 aromatic heterocycles. The summed E-state index contributed by atoms with van der Waals surface area (Å²) in [5.74, 6) is 0.201. The molecule has 0 saturated heterocycles. The van der Waals surface area contributed by atoms with E-state index in [4.69, 9.17) is 0 Å². The number of aromatic nitrogens is 2. The van der Waals surface area contributed by atoms with E-state index in [9.17, 15) is 9.59 Å².